The minimum atomic E-state index is 0.645. The molecule has 1 heterocycles. The van der Waals surface area contributed by atoms with Crippen LogP contribution < -0.4 is 10.5 Å². The molecular weight excluding hydrogens is 250 g/mol. The van der Waals surface area contributed by atoms with E-state index in [9.17, 15) is 0 Å². The fourth-order valence-corrected chi connectivity index (χ4v) is 2.86. The second-order valence-corrected chi connectivity index (χ2v) is 5.63. The van der Waals surface area contributed by atoms with Gasteiger partial charge in [0.05, 0.1) is 0 Å². The van der Waals surface area contributed by atoms with Gasteiger partial charge in [-0.15, -0.1) is 0 Å². The van der Waals surface area contributed by atoms with Crippen molar-refractivity contribution in [3.05, 3.63) is 24.3 Å². The lowest BCUT2D eigenvalue weighted by atomic mass is 10.2. The van der Waals surface area contributed by atoms with Gasteiger partial charge >= 0.3 is 0 Å². The second-order valence-electron chi connectivity index (χ2n) is 5.63. The van der Waals surface area contributed by atoms with Gasteiger partial charge in [0.25, 0.3) is 0 Å². The summed E-state index contributed by atoms with van der Waals surface area (Å²) in [4.78, 5) is 5.00. The molecule has 112 valence electrons. The smallest absolute Gasteiger partial charge is 0.121 e. The Morgan fingerprint density at radius 2 is 2.20 bits per heavy atom. The molecule has 0 bridgehead atoms. The lowest BCUT2D eigenvalue weighted by Gasteiger charge is -2.29. The number of hydrogen-bond acceptors (Lipinski definition) is 4. The SMILES string of the molecule is CCC1CN(C)CCCN1CCOc1cccc(N)c1. The monoisotopic (exact) mass is 277 g/mol. The number of likely N-dealkylation sites (N-methyl/N-ethyl adjacent to an activating group) is 1. The molecule has 2 rings (SSSR count). The molecule has 2 N–H and O–H groups in total. The lowest BCUT2D eigenvalue weighted by molar-refractivity contribution is 0.152. The Labute approximate surface area is 122 Å². The molecule has 1 fully saturated rings. The number of nitrogens with two attached hydrogens (primary N) is 1. The van der Waals surface area contributed by atoms with Gasteiger partial charge in [0.15, 0.2) is 0 Å². The first-order chi connectivity index (χ1) is 9.69. The van der Waals surface area contributed by atoms with Gasteiger partial charge in [-0.25, -0.2) is 0 Å². The molecule has 1 aromatic carbocycles. The summed E-state index contributed by atoms with van der Waals surface area (Å²) < 4.78 is 5.81. The van der Waals surface area contributed by atoms with E-state index in [2.05, 4.69) is 23.8 Å². The third-order valence-corrected chi connectivity index (χ3v) is 4.00. The average molecular weight is 277 g/mol. The average Bonchev–Trinajstić information content (AvgIpc) is 2.60. The summed E-state index contributed by atoms with van der Waals surface area (Å²) in [5.74, 6) is 0.866. The maximum absolute atomic E-state index is 5.81. The molecule has 0 aromatic heterocycles. The van der Waals surface area contributed by atoms with Crippen LogP contribution in [0.3, 0.4) is 0 Å². The summed E-state index contributed by atoms with van der Waals surface area (Å²) in [5.41, 5.74) is 6.51. The Morgan fingerprint density at radius 1 is 1.35 bits per heavy atom. The normalized spacial score (nSPS) is 21.6. The Bertz CT molecular complexity index is 410. The molecule has 1 unspecified atom stereocenters. The van der Waals surface area contributed by atoms with Crippen molar-refractivity contribution in [3.63, 3.8) is 0 Å². The van der Waals surface area contributed by atoms with Crippen LogP contribution in [0.5, 0.6) is 5.75 Å². The van der Waals surface area contributed by atoms with Gasteiger partial charge in [0.2, 0.25) is 0 Å². The van der Waals surface area contributed by atoms with Crippen molar-refractivity contribution < 1.29 is 4.74 Å². The molecule has 20 heavy (non-hydrogen) atoms. The van der Waals surface area contributed by atoms with Gasteiger partial charge in [-0.3, -0.25) is 4.90 Å². The first-order valence-corrected chi connectivity index (χ1v) is 7.60. The van der Waals surface area contributed by atoms with E-state index in [1.807, 2.05) is 24.3 Å². The lowest BCUT2D eigenvalue weighted by Crippen LogP contribution is -2.41. The van der Waals surface area contributed by atoms with E-state index >= 15 is 0 Å². The molecule has 0 radical (unpaired) electrons. The number of nitrogen functional groups attached to an aromatic ring is 1. The maximum Gasteiger partial charge on any atom is 0.121 e. The van der Waals surface area contributed by atoms with Crippen molar-refractivity contribution in [1.29, 1.82) is 0 Å². The highest BCUT2D eigenvalue weighted by atomic mass is 16.5. The number of benzene rings is 1. The summed E-state index contributed by atoms with van der Waals surface area (Å²) in [7, 11) is 2.22. The highest BCUT2D eigenvalue weighted by molar-refractivity contribution is 5.43. The maximum atomic E-state index is 5.81. The zero-order valence-corrected chi connectivity index (χ0v) is 12.7. The van der Waals surface area contributed by atoms with Crippen molar-refractivity contribution in [2.24, 2.45) is 0 Å². The highest BCUT2D eigenvalue weighted by Gasteiger charge is 2.21. The first kappa shape index (κ1) is 15.1. The van der Waals surface area contributed by atoms with Crippen molar-refractivity contribution in [2.45, 2.75) is 25.8 Å². The van der Waals surface area contributed by atoms with Crippen molar-refractivity contribution in [1.82, 2.24) is 9.80 Å². The molecule has 1 aliphatic rings. The fourth-order valence-electron chi connectivity index (χ4n) is 2.86. The van der Waals surface area contributed by atoms with Crippen LogP contribution in [0.4, 0.5) is 5.69 Å². The Balaban J connectivity index is 1.82. The summed E-state index contributed by atoms with van der Waals surface area (Å²) in [5, 5.41) is 0. The third kappa shape index (κ3) is 4.39. The van der Waals surface area contributed by atoms with Crippen LogP contribution in [0.2, 0.25) is 0 Å². The summed E-state index contributed by atoms with van der Waals surface area (Å²) in [6.07, 6.45) is 2.44. The number of nitrogens with zero attached hydrogens (tertiary/aromatic N) is 2. The number of anilines is 1. The van der Waals surface area contributed by atoms with E-state index in [0.717, 1.165) is 31.1 Å². The van der Waals surface area contributed by atoms with Crippen molar-refractivity contribution in [2.75, 3.05) is 45.6 Å². The molecule has 0 saturated carbocycles. The Hall–Kier alpha value is -1.26. The molecular formula is C16H27N3O. The summed E-state index contributed by atoms with van der Waals surface area (Å²) in [6.45, 7) is 7.52. The molecule has 1 saturated heterocycles. The quantitative estimate of drug-likeness (QED) is 0.837. The third-order valence-electron chi connectivity index (χ3n) is 4.00. The van der Waals surface area contributed by atoms with Gasteiger partial charge in [0, 0.05) is 30.9 Å². The van der Waals surface area contributed by atoms with Crippen LogP contribution >= 0.6 is 0 Å². The van der Waals surface area contributed by atoms with E-state index in [0.29, 0.717) is 6.04 Å². The zero-order chi connectivity index (χ0) is 14.4. The van der Waals surface area contributed by atoms with Crippen molar-refractivity contribution >= 4 is 5.69 Å². The molecule has 1 aliphatic heterocycles. The predicted molar refractivity (Wildman–Crippen MR) is 84.1 cm³/mol. The summed E-state index contributed by atoms with van der Waals surface area (Å²) in [6, 6.07) is 8.30. The van der Waals surface area contributed by atoms with E-state index < -0.39 is 0 Å². The molecule has 0 spiro atoms. The number of hydrogen-bond donors (Lipinski definition) is 1. The second kappa shape index (κ2) is 7.50. The van der Waals surface area contributed by atoms with Gasteiger partial charge in [0.1, 0.15) is 12.4 Å². The van der Waals surface area contributed by atoms with Crippen LogP contribution in [-0.4, -0.2) is 55.7 Å². The Morgan fingerprint density at radius 3 is 2.95 bits per heavy atom. The molecule has 4 heteroatoms. The Kier molecular flexibility index (Phi) is 5.68. The van der Waals surface area contributed by atoms with Gasteiger partial charge in [-0.1, -0.05) is 13.0 Å². The van der Waals surface area contributed by atoms with Crippen LogP contribution in [0.15, 0.2) is 24.3 Å². The largest absolute Gasteiger partial charge is 0.492 e. The molecule has 0 amide bonds. The van der Waals surface area contributed by atoms with Gasteiger partial charge < -0.3 is 15.4 Å². The van der Waals surface area contributed by atoms with Crippen molar-refractivity contribution in [3.8, 4) is 5.75 Å². The highest BCUT2D eigenvalue weighted by Crippen LogP contribution is 2.15. The number of rotatable bonds is 5. The zero-order valence-electron chi connectivity index (χ0n) is 12.7. The minimum Gasteiger partial charge on any atom is -0.492 e. The van der Waals surface area contributed by atoms with E-state index in [-0.39, 0.29) is 0 Å². The molecule has 4 nitrogen and oxygen atoms in total. The van der Waals surface area contributed by atoms with Crippen LogP contribution in [0.1, 0.15) is 19.8 Å². The van der Waals surface area contributed by atoms with Gasteiger partial charge in [-0.05, 0) is 45.1 Å². The van der Waals surface area contributed by atoms with Crippen LogP contribution in [-0.2, 0) is 0 Å². The van der Waals surface area contributed by atoms with Crippen LogP contribution in [0.25, 0.3) is 0 Å². The predicted octanol–water partition coefficient (Wildman–Crippen LogP) is 2.06. The van der Waals surface area contributed by atoms with E-state index in [1.54, 1.807) is 0 Å². The minimum absolute atomic E-state index is 0.645. The van der Waals surface area contributed by atoms with Crippen LogP contribution in [0, 0.1) is 0 Å². The molecule has 1 atom stereocenters. The molecule has 0 aliphatic carbocycles. The number of ether oxygens (including phenoxy) is 1. The van der Waals surface area contributed by atoms with E-state index in [1.165, 1.54) is 25.9 Å². The summed E-state index contributed by atoms with van der Waals surface area (Å²) >= 11 is 0. The topological polar surface area (TPSA) is 41.7 Å². The standard InChI is InChI=1S/C16H27N3O/c1-3-15-13-18(2)8-5-9-19(15)10-11-20-16-7-4-6-14(17)12-16/h4,6-7,12,15H,3,5,8-11,13,17H2,1-2H3. The molecule has 1 aromatic rings. The van der Waals surface area contributed by atoms with E-state index in [4.69, 9.17) is 10.5 Å². The first-order valence-electron chi connectivity index (χ1n) is 7.60. The fraction of sp³-hybridized carbons (Fsp3) is 0.625. The van der Waals surface area contributed by atoms with Gasteiger partial charge in [-0.2, -0.15) is 0 Å².